The van der Waals surface area contributed by atoms with Crippen LogP contribution < -0.4 is 5.32 Å². The number of amides is 1. The number of rotatable bonds is 4. The number of hydrogen-bond donors (Lipinski definition) is 1. The molecular formula is C12H9F2N5OS. The zero-order chi connectivity index (χ0) is 14.8. The summed E-state index contributed by atoms with van der Waals surface area (Å²) in [7, 11) is 0. The van der Waals surface area contributed by atoms with Gasteiger partial charge in [-0.2, -0.15) is 9.61 Å². The fourth-order valence-electron chi connectivity index (χ4n) is 1.74. The summed E-state index contributed by atoms with van der Waals surface area (Å²) in [6.07, 6.45) is 1.89. The SMILES string of the molecule is O=C(CCc1nn2cnnc2s1)Nc1c(F)cccc1F. The number of para-hydroxylation sites is 1. The fourth-order valence-corrected chi connectivity index (χ4v) is 2.55. The average Bonchev–Trinajstić information content (AvgIpc) is 3.01. The van der Waals surface area contributed by atoms with Crippen molar-refractivity contribution in [3.8, 4) is 0 Å². The Labute approximate surface area is 121 Å². The molecule has 1 amide bonds. The normalized spacial score (nSPS) is 11.0. The van der Waals surface area contributed by atoms with E-state index in [0.29, 0.717) is 16.4 Å². The minimum atomic E-state index is -0.804. The van der Waals surface area contributed by atoms with Crippen LogP contribution in [0.1, 0.15) is 11.4 Å². The van der Waals surface area contributed by atoms with Crippen LogP contribution in [0.15, 0.2) is 24.5 Å². The predicted octanol–water partition coefficient (Wildman–Crippen LogP) is 2.04. The van der Waals surface area contributed by atoms with Crippen molar-refractivity contribution in [2.24, 2.45) is 0 Å². The van der Waals surface area contributed by atoms with Crippen molar-refractivity contribution in [2.45, 2.75) is 12.8 Å². The molecule has 2 aromatic heterocycles. The highest BCUT2D eigenvalue weighted by atomic mass is 32.1. The Bertz CT molecular complexity index is 751. The number of carbonyl (C=O) groups excluding carboxylic acids is 1. The molecule has 0 radical (unpaired) electrons. The molecule has 0 aliphatic heterocycles. The van der Waals surface area contributed by atoms with Crippen molar-refractivity contribution < 1.29 is 13.6 Å². The van der Waals surface area contributed by atoms with Crippen LogP contribution in [0, 0.1) is 11.6 Å². The molecule has 0 aliphatic rings. The van der Waals surface area contributed by atoms with E-state index in [-0.39, 0.29) is 6.42 Å². The lowest BCUT2D eigenvalue weighted by molar-refractivity contribution is -0.116. The van der Waals surface area contributed by atoms with Crippen molar-refractivity contribution in [3.05, 3.63) is 41.2 Å². The van der Waals surface area contributed by atoms with Gasteiger partial charge >= 0.3 is 0 Å². The zero-order valence-corrected chi connectivity index (χ0v) is 11.4. The lowest BCUT2D eigenvalue weighted by atomic mass is 10.2. The first-order valence-corrected chi connectivity index (χ1v) is 6.85. The Morgan fingerprint density at radius 3 is 2.81 bits per heavy atom. The predicted molar refractivity (Wildman–Crippen MR) is 72.0 cm³/mol. The second-order valence-electron chi connectivity index (χ2n) is 4.20. The van der Waals surface area contributed by atoms with Gasteiger partial charge in [0.05, 0.1) is 0 Å². The minimum absolute atomic E-state index is 0.0673. The highest BCUT2D eigenvalue weighted by Gasteiger charge is 2.13. The van der Waals surface area contributed by atoms with E-state index in [2.05, 4.69) is 20.6 Å². The lowest BCUT2D eigenvalue weighted by Gasteiger charge is -2.06. The van der Waals surface area contributed by atoms with Gasteiger partial charge in [0.25, 0.3) is 0 Å². The van der Waals surface area contributed by atoms with Crippen molar-refractivity contribution in [3.63, 3.8) is 0 Å². The van der Waals surface area contributed by atoms with Gasteiger partial charge in [-0.1, -0.05) is 17.4 Å². The molecule has 2 heterocycles. The fraction of sp³-hybridized carbons (Fsp3) is 0.167. The van der Waals surface area contributed by atoms with Crippen molar-refractivity contribution in [2.75, 3.05) is 5.32 Å². The molecule has 0 unspecified atom stereocenters. The summed E-state index contributed by atoms with van der Waals surface area (Å²) in [4.78, 5) is 12.4. The quantitative estimate of drug-likeness (QED) is 0.800. The number of halogens is 2. The highest BCUT2D eigenvalue weighted by Crippen LogP contribution is 2.19. The van der Waals surface area contributed by atoms with E-state index in [1.807, 2.05) is 0 Å². The number of nitrogens with one attached hydrogen (secondary N) is 1. The maximum Gasteiger partial charge on any atom is 0.234 e. The van der Waals surface area contributed by atoms with Gasteiger partial charge in [-0.15, -0.1) is 10.2 Å². The van der Waals surface area contributed by atoms with Crippen LogP contribution in [0.5, 0.6) is 0 Å². The van der Waals surface area contributed by atoms with Gasteiger partial charge in [0.15, 0.2) is 0 Å². The lowest BCUT2D eigenvalue weighted by Crippen LogP contribution is -2.14. The van der Waals surface area contributed by atoms with Gasteiger partial charge in [-0.3, -0.25) is 4.79 Å². The van der Waals surface area contributed by atoms with Crippen LogP contribution in [0.25, 0.3) is 4.96 Å². The molecule has 9 heteroatoms. The van der Waals surface area contributed by atoms with Crippen LogP contribution in [0.4, 0.5) is 14.5 Å². The number of benzene rings is 1. The average molecular weight is 309 g/mol. The molecule has 0 bridgehead atoms. The molecule has 0 aliphatic carbocycles. The Morgan fingerprint density at radius 2 is 2.10 bits per heavy atom. The van der Waals surface area contributed by atoms with Gasteiger partial charge in [0.1, 0.15) is 28.7 Å². The third-order valence-corrected chi connectivity index (χ3v) is 3.69. The number of hydrogen-bond acceptors (Lipinski definition) is 5. The monoisotopic (exact) mass is 309 g/mol. The van der Waals surface area contributed by atoms with Crippen LogP contribution in [-0.2, 0) is 11.2 Å². The number of carbonyl (C=O) groups is 1. The summed E-state index contributed by atoms with van der Waals surface area (Å²) in [5.41, 5.74) is -0.430. The molecule has 0 fully saturated rings. The number of anilines is 1. The second kappa shape index (κ2) is 5.52. The van der Waals surface area contributed by atoms with E-state index in [9.17, 15) is 13.6 Å². The number of aromatic nitrogens is 4. The molecule has 1 N–H and O–H groups in total. The molecule has 1 aromatic carbocycles. The third-order valence-electron chi connectivity index (χ3n) is 2.72. The van der Waals surface area contributed by atoms with Crippen molar-refractivity contribution in [1.29, 1.82) is 0 Å². The number of aryl methyl sites for hydroxylation is 1. The summed E-state index contributed by atoms with van der Waals surface area (Å²) in [5.74, 6) is -2.09. The Hall–Kier alpha value is -2.42. The first kappa shape index (κ1) is 13.6. The standard InChI is InChI=1S/C12H9F2N5OS/c13-7-2-1-3-8(14)11(7)16-9(20)4-5-10-18-19-6-15-17-12(19)21-10/h1-3,6H,4-5H2,(H,16,20). The Kier molecular flexibility index (Phi) is 3.57. The van der Waals surface area contributed by atoms with E-state index in [0.717, 1.165) is 12.1 Å². The van der Waals surface area contributed by atoms with E-state index in [4.69, 9.17) is 0 Å². The summed E-state index contributed by atoms with van der Waals surface area (Å²) < 4.78 is 28.3. The van der Waals surface area contributed by atoms with E-state index < -0.39 is 23.2 Å². The largest absolute Gasteiger partial charge is 0.321 e. The van der Waals surface area contributed by atoms with Crippen molar-refractivity contribution in [1.82, 2.24) is 19.8 Å². The zero-order valence-electron chi connectivity index (χ0n) is 10.6. The molecule has 0 atom stereocenters. The smallest absolute Gasteiger partial charge is 0.234 e. The minimum Gasteiger partial charge on any atom is -0.321 e. The molecule has 3 aromatic rings. The number of nitrogens with zero attached hydrogens (tertiary/aromatic N) is 4. The van der Waals surface area contributed by atoms with Crippen LogP contribution >= 0.6 is 11.3 Å². The first-order valence-electron chi connectivity index (χ1n) is 6.03. The molecule has 108 valence electrons. The van der Waals surface area contributed by atoms with Crippen molar-refractivity contribution >= 4 is 27.9 Å². The number of fused-ring (bicyclic) bond motifs is 1. The Morgan fingerprint density at radius 1 is 1.33 bits per heavy atom. The van der Waals surface area contributed by atoms with Gasteiger partial charge in [0, 0.05) is 12.8 Å². The Balaban J connectivity index is 1.63. The summed E-state index contributed by atoms with van der Waals surface area (Å²) in [5, 5.41) is 14.6. The van der Waals surface area contributed by atoms with Crippen LogP contribution in [-0.4, -0.2) is 25.7 Å². The molecule has 3 rings (SSSR count). The summed E-state index contributed by atoms with van der Waals surface area (Å²) in [6, 6.07) is 3.41. The van der Waals surface area contributed by atoms with Gasteiger partial charge in [0.2, 0.25) is 10.9 Å². The molecule has 0 saturated carbocycles. The second-order valence-corrected chi connectivity index (χ2v) is 5.24. The maximum absolute atomic E-state index is 13.4. The van der Waals surface area contributed by atoms with Crippen LogP contribution in [0.3, 0.4) is 0 Å². The first-order chi connectivity index (χ1) is 10.1. The van der Waals surface area contributed by atoms with E-state index in [1.165, 1.54) is 28.2 Å². The van der Waals surface area contributed by atoms with Gasteiger partial charge in [-0.25, -0.2) is 8.78 Å². The van der Waals surface area contributed by atoms with Gasteiger partial charge < -0.3 is 5.32 Å². The molecular weight excluding hydrogens is 300 g/mol. The molecule has 0 saturated heterocycles. The molecule has 21 heavy (non-hydrogen) atoms. The van der Waals surface area contributed by atoms with E-state index >= 15 is 0 Å². The summed E-state index contributed by atoms with van der Waals surface area (Å²) >= 11 is 1.31. The molecule has 6 nitrogen and oxygen atoms in total. The molecule has 0 spiro atoms. The van der Waals surface area contributed by atoms with Crippen LogP contribution in [0.2, 0.25) is 0 Å². The summed E-state index contributed by atoms with van der Waals surface area (Å²) in [6.45, 7) is 0. The topological polar surface area (TPSA) is 72.2 Å². The third kappa shape index (κ3) is 2.87. The van der Waals surface area contributed by atoms with E-state index in [1.54, 1.807) is 0 Å². The van der Waals surface area contributed by atoms with Gasteiger partial charge in [-0.05, 0) is 12.1 Å². The highest BCUT2D eigenvalue weighted by molar-refractivity contribution is 7.16. The maximum atomic E-state index is 13.4.